The number of halogens is 1. The van der Waals surface area contributed by atoms with Gasteiger partial charge in [0, 0.05) is 11.8 Å². The number of hydrogen-bond acceptors (Lipinski definition) is 2. The van der Waals surface area contributed by atoms with Crippen LogP contribution in [0.5, 0.6) is 0 Å². The highest BCUT2D eigenvalue weighted by molar-refractivity contribution is 5.19. The van der Waals surface area contributed by atoms with Crippen molar-refractivity contribution in [3.63, 3.8) is 0 Å². The average Bonchev–Trinajstić information content (AvgIpc) is 2.31. The lowest BCUT2D eigenvalue weighted by atomic mass is 9.93. The zero-order chi connectivity index (χ0) is 11.4. The summed E-state index contributed by atoms with van der Waals surface area (Å²) in [6, 6.07) is 1.55. The predicted octanol–water partition coefficient (Wildman–Crippen LogP) is 3.14. The molecule has 2 nitrogen and oxygen atoms in total. The summed E-state index contributed by atoms with van der Waals surface area (Å²) in [4.78, 5) is 3.67. The van der Waals surface area contributed by atoms with Crippen LogP contribution in [-0.2, 0) is 0 Å². The molecule has 0 radical (unpaired) electrons. The van der Waals surface area contributed by atoms with Gasteiger partial charge in [0.05, 0.1) is 12.3 Å². The summed E-state index contributed by atoms with van der Waals surface area (Å²) in [7, 11) is 0. The Kier molecular flexibility index (Phi) is 3.67. The smallest absolute Gasteiger partial charge is 0.147 e. The second kappa shape index (κ2) is 5.21. The molecule has 2 rings (SSSR count). The third kappa shape index (κ3) is 2.67. The molecule has 1 aliphatic rings. The second-order valence-corrected chi connectivity index (χ2v) is 4.23. The van der Waals surface area contributed by atoms with Crippen LogP contribution in [0.2, 0.25) is 0 Å². The standard InChI is InChI=1S/C13H16FNO/c14-12-9-15-7-6-11(12)13(16)8-10-4-2-1-3-5-10/h4,6-7,9,13,16H,1-3,5,8H2. The zero-order valence-electron chi connectivity index (χ0n) is 9.19. The number of rotatable bonds is 3. The molecule has 1 aliphatic carbocycles. The lowest BCUT2D eigenvalue weighted by Crippen LogP contribution is -2.04. The molecule has 1 atom stereocenters. The quantitative estimate of drug-likeness (QED) is 0.795. The molecule has 1 heterocycles. The van der Waals surface area contributed by atoms with Gasteiger partial charge in [-0.3, -0.25) is 4.98 Å². The van der Waals surface area contributed by atoms with Crippen LogP contribution < -0.4 is 0 Å². The van der Waals surface area contributed by atoms with Crippen molar-refractivity contribution in [2.75, 3.05) is 0 Å². The Bertz CT molecular complexity index is 389. The summed E-state index contributed by atoms with van der Waals surface area (Å²) in [5, 5.41) is 9.94. The van der Waals surface area contributed by atoms with E-state index in [0.717, 1.165) is 19.0 Å². The Labute approximate surface area is 94.8 Å². The summed E-state index contributed by atoms with van der Waals surface area (Å²) in [6.45, 7) is 0. The Morgan fingerprint density at radius 3 is 3.00 bits per heavy atom. The normalized spacial score (nSPS) is 18.0. The van der Waals surface area contributed by atoms with Gasteiger partial charge in [-0.2, -0.15) is 0 Å². The van der Waals surface area contributed by atoms with Crippen molar-refractivity contribution in [1.29, 1.82) is 0 Å². The maximum absolute atomic E-state index is 13.4. The topological polar surface area (TPSA) is 33.1 Å². The summed E-state index contributed by atoms with van der Waals surface area (Å²) < 4.78 is 13.4. The average molecular weight is 221 g/mol. The summed E-state index contributed by atoms with van der Waals surface area (Å²) in [5.41, 5.74) is 1.59. The number of allylic oxidation sites excluding steroid dienone is 1. The number of hydrogen-bond donors (Lipinski definition) is 1. The van der Waals surface area contributed by atoms with Gasteiger partial charge in [-0.1, -0.05) is 11.6 Å². The maximum Gasteiger partial charge on any atom is 0.147 e. The molecule has 1 aromatic rings. The van der Waals surface area contributed by atoms with Crippen molar-refractivity contribution in [3.8, 4) is 0 Å². The highest BCUT2D eigenvalue weighted by Crippen LogP contribution is 2.28. The van der Waals surface area contributed by atoms with E-state index in [0.29, 0.717) is 12.0 Å². The van der Waals surface area contributed by atoms with Gasteiger partial charge in [0.25, 0.3) is 0 Å². The van der Waals surface area contributed by atoms with Gasteiger partial charge in [-0.05, 0) is 38.2 Å². The van der Waals surface area contributed by atoms with Crippen LogP contribution in [0.25, 0.3) is 0 Å². The van der Waals surface area contributed by atoms with Gasteiger partial charge >= 0.3 is 0 Å². The van der Waals surface area contributed by atoms with E-state index in [9.17, 15) is 9.50 Å². The van der Waals surface area contributed by atoms with Crippen molar-refractivity contribution in [2.24, 2.45) is 0 Å². The molecule has 0 amide bonds. The third-order valence-corrected chi connectivity index (χ3v) is 3.00. The summed E-state index contributed by atoms with van der Waals surface area (Å²) in [6.07, 6.45) is 9.15. The Balaban J connectivity index is 2.05. The minimum atomic E-state index is -0.743. The molecule has 86 valence electrons. The van der Waals surface area contributed by atoms with Gasteiger partial charge < -0.3 is 5.11 Å². The number of pyridine rings is 1. The van der Waals surface area contributed by atoms with E-state index >= 15 is 0 Å². The first-order valence-electron chi connectivity index (χ1n) is 5.73. The van der Waals surface area contributed by atoms with Gasteiger partial charge in [0.15, 0.2) is 0 Å². The first kappa shape index (κ1) is 11.3. The number of aromatic nitrogens is 1. The zero-order valence-corrected chi connectivity index (χ0v) is 9.19. The molecule has 0 saturated carbocycles. The van der Waals surface area contributed by atoms with E-state index in [-0.39, 0.29) is 0 Å². The van der Waals surface area contributed by atoms with E-state index in [1.54, 1.807) is 6.07 Å². The van der Waals surface area contributed by atoms with Crippen molar-refractivity contribution in [2.45, 2.75) is 38.2 Å². The summed E-state index contributed by atoms with van der Waals surface area (Å²) in [5.74, 6) is -0.425. The van der Waals surface area contributed by atoms with Crippen LogP contribution >= 0.6 is 0 Å². The minimum absolute atomic E-state index is 0.349. The molecule has 0 saturated heterocycles. The molecule has 1 aromatic heterocycles. The molecular weight excluding hydrogens is 205 g/mol. The fourth-order valence-electron chi connectivity index (χ4n) is 2.10. The van der Waals surface area contributed by atoms with Crippen molar-refractivity contribution in [3.05, 3.63) is 41.5 Å². The molecular formula is C13H16FNO. The van der Waals surface area contributed by atoms with Gasteiger partial charge in [-0.15, -0.1) is 0 Å². The van der Waals surface area contributed by atoms with E-state index in [1.807, 2.05) is 0 Å². The maximum atomic E-state index is 13.4. The van der Waals surface area contributed by atoms with Crippen LogP contribution in [0.3, 0.4) is 0 Å². The molecule has 16 heavy (non-hydrogen) atoms. The van der Waals surface area contributed by atoms with E-state index in [1.165, 1.54) is 24.6 Å². The fourth-order valence-corrected chi connectivity index (χ4v) is 2.10. The molecule has 0 spiro atoms. The second-order valence-electron chi connectivity index (χ2n) is 4.23. The van der Waals surface area contributed by atoms with Gasteiger partial charge in [-0.25, -0.2) is 4.39 Å². The summed E-state index contributed by atoms with van der Waals surface area (Å²) >= 11 is 0. The van der Waals surface area contributed by atoms with Gasteiger partial charge in [0.2, 0.25) is 0 Å². The predicted molar refractivity (Wildman–Crippen MR) is 60.3 cm³/mol. The molecule has 1 unspecified atom stereocenters. The van der Waals surface area contributed by atoms with Crippen LogP contribution in [0.4, 0.5) is 4.39 Å². The van der Waals surface area contributed by atoms with E-state index in [2.05, 4.69) is 11.1 Å². The monoisotopic (exact) mass is 221 g/mol. The lowest BCUT2D eigenvalue weighted by Gasteiger charge is -2.17. The first-order chi connectivity index (χ1) is 7.77. The SMILES string of the molecule is OC(CC1=CCCCC1)c1ccncc1F. The molecule has 0 bridgehead atoms. The molecule has 0 aliphatic heterocycles. The van der Waals surface area contributed by atoms with Crippen LogP contribution in [0.15, 0.2) is 30.1 Å². The number of aliphatic hydroxyl groups excluding tert-OH is 1. The number of aliphatic hydroxyl groups is 1. The van der Waals surface area contributed by atoms with Crippen molar-refractivity contribution < 1.29 is 9.50 Å². The highest BCUT2D eigenvalue weighted by Gasteiger charge is 2.15. The fraction of sp³-hybridized carbons (Fsp3) is 0.462. The van der Waals surface area contributed by atoms with E-state index < -0.39 is 11.9 Å². The van der Waals surface area contributed by atoms with Crippen LogP contribution in [0, 0.1) is 5.82 Å². The van der Waals surface area contributed by atoms with Crippen LogP contribution in [-0.4, -0.2) is 10.1 Å². The van der Waals surface area contributed by atoms with E-state index in [4.69, 9.17) is 0 Å². The first-order valence-corrected chi connectivity index (χ1v) is 5.73. The molecule has 3 heteroatoms. The molecule has 1 N–H and O–H groups in total. The van der Waals surface area contributed by atoms with Gasteiger partial charge in [0.1, 0.15) is 5.82 Å². The Morgan fingerprint density at radius 1 is 1.44 bits per heavy atom. The van der Waals surface area contributed by atoms with Crippen LogP contribution in [0.1, 0.15) is 43.8 Å². The largest absolute Gasteiger partial charge is 0.388 e. The third-order valence-electron chi connectivity index (χ3n) is 3.00. The lowest BCUT2D eigenvalue weighted by molar-refractivity contribution is 0.171. The Morgan fingerprint density at radius 2 is 2.31 bits per heavy atom. The van der Waals surface area contributed by atoms with Crippen molar-refractivity contribution in [1.82, 2.24) is 4.98 Å². The van der Waals surface area contributed by atoms with Crippen molar-refractivity contribution >= 4 is 0 Å². The molecule has 0 aromatic carbocycles. The number of nitrogens with zero attached hydrogens (tertiary/aromatic N) is 1. The minimum Gasteiger partial charge on any atom is -0.388 e. The Hall–Kier alpha value is -1.22. The highest BCUT2D eigenvalue weighted by atomic mass is 19.1. The molecule has 0 fully saturated rings.